The standard InChI is InChI=1S/C14H11N3O2/c1-9-2-3-11-10(6-9)13(4-5-15-11)17-7-12(14(18)19)16-8-17/h2-8H,1H3,(H,18,19). The first-order valence-corrected chi connectivity index (χ1v) is 5.78. The van der Waals surface area contributed by atoms with Gasteiger partial charge < -0.3 is 9.67 Å². The Morgan fingerprint density at radius 3 is 2.84 bits per heavy atom. The van der Waals surface area contributed by atoms with Gasteiger partial charge in [0.1, 0.15) is 6.33 Å². The molecule has 0 spiro atoms. The number of carboxylic acid groups (broad SMARTS) is 1. The molecule has 0 amide bonds. The van der Waals surface area contributed by atoms with E-state index < -0.39 is 5.97 Å². The van der Waals surface area contributed by atoms with E-state index >= 15 is 0 Å². The maximum atomic E-state index is 10.9. The van der Waals surface area contributed by atoms with Crippen molar-refractivity contribution < 1.29 is 9.90 Å². The molecular weight excluding hydrogens is 242 g/mol. The van der Waals surface area contributed by atoms with Crippen molar-refractivity contribution >= 4 is 16.9 Å². The van der Waals surface area contributed by atoms with Gasteiger partial charge in [0.15, 0.2) is 5.69 Å². The molecule has 0 saturated carbocycles. The van der Waals surface area contributed by atoms with Crippen LogP contribution in [-0.2, 0) is 0 Å². The van der Waals surface area contributed by atoms with E-state index in [0.717, 1.165) is 22.2 Å². The maximum Gasteiger partial charge on any atom is 0.356 e. The largest absolute Gasteiger partial charge is 0.476 e. The van der Waals surface area contributed by atoms with E-state index in [9.17, 15) is 4.79 Å². The zero-order chi connectivity index (χ0) is 13.4. The first-order chi connectivity index (χ1) is 9.15. The molecule has 0 atom stereocenters. The Bertz CT molecular complexity index is 777. The summed E-state index contributed by atoms with van der Waals surface area (Å²) < 4.78 is 1.70. The SMILES string of the molecule is Cc1ccc2nccc(-n3cnc(C(=O)O)c3)c2c1. The van der Waals surface area contributed by atoms with Crippen molar-refractivity contribution in [3.05, 3.63) is 54.2 Å². The van der Waals surface area contributed by atoms with Crippen molar-refractivity contribution in [2.45, 2.75) is 6.92 Å². The highest BCUT2D eigenvalue weighted by Crippen LogP contribution is 2.21. The van der Waals surface area contributed by atoms with Gasteiger partial charge in [-0.2, -0.15) is 0 Å². The molecule has 19 heavy (non-hydrogen) atoms. The van der Waals surface area contributed by atoms with Gasteiger partial charge in [-0.15, -0.1) is 0 Å². The molecule has 0 aliphatic carbocycles. The molecule has 5 heteroatoms. The molecule has 0 saturated heterocycles. The Hall–Kier alpha value is -2.69. The van der Waals surface area contributed by atoms with Crippen LogP contribution in [0, 0.1) is 6.92 Å². The summed E-state index contributed by atoms with van der Waals surface area (Å²) >= 11 is 0. The molecule has 3 aromatic rings. The summed E-state index contributed by atoms with van der Waals surface area (Å²) in [6.07, 6.45) is 4.70. The summed E-state index contributed by atoms with van der Waals surface area (Å²) in [6.45, 7) is 2.01. The number of aryl methyl sites for hydroxylation is 1. The minimum atomic E-state index is -1.03. The fourth-order valence-electron chi connectivity index (χ4n) is 2.04. The topological polar surface area (TPSA) is 68.0 Å². The molecule has 0 aliphatic rings. The number of pyridine rings is 1. The number of hydrogen-bond acceptors (Lipinski definition) is 3. The highest BCUT2D eigenvalue weighted by Gasteiger charge is 2.09. The molecule has 3 rings (SSSR count). The van der Waals surface area contributed by atoms with Crippen LogP contribution in [0.25, 0.3) is 16.6 Å². The van der Waals surface area contributed by atoms with Gasteiger partial charge in [0.05, 0.1) is 11.2 Å². The van der Waals surface area contributed by atoms with Crippen LogP contribution in [0.2, 0.25) is 0 Å². The fourth-order valence-corrected chi connectivity index (χ4v) is 2.04. The van der Waals surface area contributed by atoms with Crippen LogP contribution in [0.5, 0.6) is 0 Å². The lowest BCUT2D eigenvalue weighted by atomic mass is 10.1. The highest BCUT2D eigenvalue weighted by molar-refractivity contribution is 5.88. The van der Waals surface area contributed by atoms with E-state index in [1.807, 2.05) is 31.2 Å². The number of carbonyl (C=O) groups is 1. The number of imidazole rings is 1. The zero-order valence-corrected chi connectivity index (χ0v) is 10.2. The first kappa shape index (κ1) is 11.4. The summed E-state index contributed by atoms with van der Waals surface area (Å²) in [5.41, 5.74) is 2.89. The molecule has 0 radical (unpaired) electrons. The maximum absolute atomic E-state index is 10.9. The minimum absolute atomic E-state index is 0.0256. The van der Waals surface area contributed by atoms with Crippen LogP contribution in [0.1, 0.15) is 16.1 Å². The van der Waals surface area contributed by atoms with Gasteiger partial charge in [-0.25, -0.2) is 9.78 Å². The molecule has 1 N–H and O–H groups in total. The summed E-state index contributed by atoms with van der Waals surface area (Å²) in [4.78, 5) is 19.0. The van der Waals surface area contributed by atoms with Gasteiger partial charge >= 0.3 is 5.97 Å². The second kappa shape index (κ2) is 4.20. The molecule has 1 aromatic carbocycles. The lowest BCUT2D eigenvalue weighted by molar-refractivity contribution is 0.0691. The normalized spacial score (nSPS) is 10.8. The number of nitrogens with zero attached hydrogens (tertiary/aromatic N) is 3. The number of benzene rings is 1. The Labute approximate surface area is 109 Å². The molecule has 2 heterocycles. The van der Waals surface area contributed by atoms with Crippen molar-refractivity contribution in [1.29, 1.82) is 0 Å². The van der Waals surface area contributed by atoms with Crippen molar-refractivity contribution in [2.24, 2.45) is 0 Å². The Balaban J connectivity index is 2.23. The van der Waals surface area contributed by atoms with Gasteiger partial charge in [-0.3, -0.25) is 4.98 Å². The smallest absolute Gasteiger partial charge is 0.356 e. The number of aromatic nitrogens is 3. The van der Waals surface area contributed by atoms with Crippen LogP contribution < -0.4 is 0 Å². The number of rotatable bonds is 2. The predicted molar refractivity (Wildman–Crippen MR) is 70.6 cm³/mol. The van der Waals surface area contributed by atoms with Gasteiger partial charge in [0.2, 0.25) is 0 Å². The van der Waals surface area contributed by atoms with E-state index in [1.54, 1.807) is 10.8 Å². The summed E-state index contributed by atoms with van der Waals surface area (Å²) in [5.74, 6) is -1.03. The van der Waals surface area contributed by atoms with Crippen molar-refractivity contribution in [2.75, 3.05) is 0 Å². The zero-order valence-electron chi connectivity index (χ0n) is 10.2. The van der Waals surface area contributed by atoms with Gasteiger partial charge in [0.25, 0.3) is 0 Å². The lowest BCUT2D eigenvalue weighted by Gasteiger charge is -2.07. The fraction of sp³-hybridized carbons (Fsp3) is 0.0714. The Morgan fingerprint density at radius 2 is 2.11 bits per heavy atom. The summed E-state index contributed by atoms with van der Waals surface area (Å²) in [5, 5.41) is 9.88. The molecule has 0 bridgehead atoms. The average molecular weight is 253 g/mol. The Morgan fingerprint density at radius 1 is 1.26 bits per heavy atom. The molecule has 0 aliphatic heterocycles. The molecule has 0 fully saturated rings. The van der Waals surface area contributed by atoms with E-state index in [2.05, 4.69) is 9.97 Å². The van der Waals surface area contributed by atoms with Crippen LogP contribution in [0.3, 0.4) is 0 Å². The third-order valence-corrected chi connectivity index (χ3v) is 2.95. The summed E-state index contributed by atoms with van der Waals surface area (Å²) in [7, 11) is 0. The van der Waals surface area contributed by atoms with Gasteiger partial charge in [-0.1, -0.05) is 11.6 Å². The molecule has 0 unspecified atom stereocenters. The molecule has 5 nitrogen and oxygen atoms in total. The van der Waals surface area contributed by atoms with Crippen LogP contribution in [0.4, 0.5) is 0 Å². The molecule has 94 valence electrons. The van der Waals surface area contributed by atoms with Crippen molar-refractivity contribution in [3.8, 4) is 5.69 Å². The number of carboxylic acids is 1. The second-order valence-corrected chi connectivity index (χ2v) is 4.32. The third-order valence-electron chi connectivity index (χ3n) is 2.95. The first-order valence-electron chi connectivity index (χ1n) is 5.78. The third kappa shape index (κ3) is 1.95. The van der Waals surface area contributed by atoms with Gasteiger partial charge in [0, 0.05) is 17.8 Å². The minimum Gasteiger partial charge on any atom is -0.476 e. The van der Waals surface area contributed by atoms with E-state index in [-0.39, 0.29) is 5.69 Å². The number of aromatic carboxylic acids is 1. The summed E-state index contributed by atoms with van der Waals surface area (Å²) in [6, 6.07) is 7.81. The second-order valence-electron chi connectivity index (χ2n) is 4.32. The Kier molecular flexibility index (Phi) is 2.52. The monoisotopic (exact) mass is 253 g/mol. The average Bonchev–Trinajstić information content (AvgIpc) is 2.87. The van der Waals surface area contributed by atoms with Crippen LogP contribution >= 0.6 is 0 Å². The molecular formula is C14H11N3O2. The van der Waals surface area contributed by atoms with E-state index in [1.165, 1.54) is 12.5 Å². The van der Waals surface area contributed by atoms with Crippen LogP contribution in [-0.4, -0.2) is 25.6 Å². The van der Waals surface area contributed by atoms with E-state index in [0.29, 0.717) is 0 Å². The van der Waals surface area contributed by atoms with E-state index in [4.69, 9.17) is 5.11 Å². The molecule has 2 aromatic heterocycles. The predicted octanol–water partition coefficient (Wildman–Crippen LogP) is 2.43. The van der Waals surface area contributed by atoms with Gasteiger partial charge in [-0.05, 0) is 25.1 Å². The van der Waals surface area contributed by atoms with Crippen LogP contribution in [0.15, 0.2) is 43.0 Å². The number of fused-ring (bicyclic) bond motifs is 1. The lowest BCUT2D eigenvalue weighted by Crippen LogP contribution is -1.96. The van der Waals surface area contributed by atoms with Crippen molar-refractivity contribution in [3.63, 3.8) is 0 Å². The quantitative estimate of drug-likeness (QED) is 0.761. The number of hydrogen-bond donors (Lipinski definition) is 1. The highest BCUT2D eigenvalue weighted by atomic mass is 16.4. The van der Waals surface area contributed by atoms with Crippen molar-refractivity contribution in [1.82, 2.24) is 14.5 Å².